The summed E-state index contributed by atoms with van der Waals surface area (Å²) in [5.74, 6) is -183. The third kappa shape index (κ3) is 14.2. The predicted octanol–water partition coefficient (Wildman–Crippen LogP) is 21.2. The molecule has 0 unspecified atom stereocenters. The topological polar surface area (TPSA) is 37.3 Å². The first-order valence-corrected chi connectivity index (χ1v) is 23.3. The minimum Gasteiger partial charge on any atom is -0.481 e. The van der Waals surface area contributed by atoms with Crippen molar-refractivity contribution < 1.29 is 194 Å². The van der Waals surface area contributed by atoms with E-state index in [1.54, 1.807) is 0 Å². The van der Waals surface area contributed by atoms with Gasteiger partial charge in [0, 0.05) is 6.42 Å². The van der Waals surface area contributed by atoms with Crippen LogP contribution in [0.5, 0.6) is 0 Å². The van der Waals surface area contributed by atoms with Crippen molar-refractivity contribution in [3.63, 3.8) is 0 Å². The van der Waals surface area contributed by atoms with Gasteiger partial charge in [-0.1, -0.05) is 96.1 Å². The van der Waals surface area contributed by atoms with E-state index < -0.39 is 125 Å². The molecule has 0 spiro atoms. The molecule has 86 heavy (non-hydrogen) atoms. The lowest BCUT2D eigenvalue weighted by Gasteiger charge is -2.47. The van der Waals surface area contributed by atoms with Crippen LogP contribution < -0.4 is 0 Å². The van der Waals surface area contributed by atoms with Crippen LogP contribution in [0.4, 0.5) is 184 Å². The van der Waals surface area contributed by atoms with Gasteiger partial charge in [0.25, 0.3) is 0 Å². The molecular formula is C42H42F42O2. The number of carbonyl (C=O) groups is 1. The largest absolute Gasteiger partial charge is 0.481 e. The molecule has 44 heteroatoms. The highest BCUT2D eigenvalue weighted by atomic mass is 19.5. The Morgan fingerprint density at radius 2 is 0.372 bits per heavy atom. The van der Waals surface area contributed by atoms with E-state index in [1.807, 2.05) is 0 Å². The van der Waals surface area contributed by atoms with E-state index in [1.165, 1.54) is 96.3 Å². The van der Waals surface area contributed by atoms with Gasteiger partial charge in [-0.05, 0) is 32.1 Å². The average molecular weight is 1380 g/mol. The minimum absolute atomic E-state index is 0.340. The van der Waals surface area contributed by atoms with E-state index in [-0.39, 0.29) is 0 Å². The zero-order valence-corrected chi connectivity index (χ0v) is 42.1. The molecule has 0 saturated carbocycles. The summed E-state index contributed by atoms with van der Waals surface area (Å²) < 4.78 is 561. The van der Waals surface area contributed by atoms with Crippen molar-refractivity contribution in [1.82, 2.24) is 0 Å². The lowest BCUT2D eigenvalue weighted by atomic mass is 9.82. The summed E-state index contributed by atoms with van der Waals surface area (Å²) in [6.07, 6.45) is 10.1. The number of hydrogen-bond donors (Lipinski definition) is 1. The van der Waals surface area contributed by atoms with Crippen LogP contribution in [0.2, 0.25) is 0 Å². The molecule has 516 valence electrons. The number of carboxylic acids is 1. The lowest BCUT2D eigenvalue weighted by Crippen LogP contribution is -2.80. The Kier molecular flexibility index (Phi) is 26.5. The summed E-state index contributed by atoms with van der Waals surface area (Å²) in [4.78, 5) is 10.4. The Balaban J connectivity index is 0. The summed E-state index contributed by atoms with van der Waals surface area (Å²) in [5, 5.41) is 8.55. The van der Waals surface area contributed by atoms with Crippen molar-refractivity contribution in [3.8, 4) is 0 Å². The Hall–Kier alpha value is -3.73. The van der Waals surface area contributed by atoms with Crippen LogP contribution in [-0.4, -0.2) is 130 Å². The van der Waals surface area contributed by atoms with Gasteiger partial charge in [-0.2, -0.15) is 184 Å². The molecule has 1 N–H and O–H groups in total. The molecule has 0 aliphatic heterocycles. The number of rotatable bonds is 36. The van der Waals surface area contributed by atoms with Crippen LogP contribution in [0.25, 0.3) is 0 Å². The maximum atomic E-state index is 13.9. The Morgan fingerprint density at radius 1 is 0.233 bits per heavy atom. The standard InChI is InChI=1S/C22H42O2.C20F42/c1-2-3-4-5-6-7-8-9-10-11-12-13-14-15-16-17-18-19-20-21-22(23)24;21-1(22,3(25,26)5(29,30)7(33,34)9(37,38)11(41,42)13(45,46)15(49,50)17(53,54)19(57,58)59)2(23,24)4(27,28)6(31,32)8(35,36)10(39,40)12(43,44)14(47,48)16(51,52)18(55,56)20(60,61)62/h9-10H,2-8,11-21H2,1H3,(H,23,24);. The minimum atomic E-state index is -10.6. The molecule has 0 aliphatic carbocycles. The number of allylic oxidation sites excluding steroid dienone is 2. The van der Waals surface area contributed by atoms with Crippen molar-refractivity contribution in [3.05, 3.63) is 12.2 Å². The first-order chi connectivity index (χ1) is 37.5. The van der Waals surface area contributed by atoms with Crippen molar-refractivity contribution in [2.24, 2.45) is 0 Å². The summed E-state index contributed by atoms with van der Waals surface area (Å²) in [7, 11) is 0. The van der Waals surface area contributed by atoms with E-state index in [0.717, 1.165) is 12.8 Å². The van der Waals surface area contributed by atoms with Gasteiger partial charge in [-0.15, -0.1) is 0 Å². The summed E-state index contributed by atoms with van der Waals surface area (Å²) in [6, 6.07) is 0. The zero-order chi connectivity index (χ0) is 69.7. The highest BCUT2D eigenvalue weighted by molar-refractivity contribution is 5.66. The van der Waals surface area contributed by atoms with Crippen molar-refractivity contribution in [1.29, 1.82) is 0 Å². The summed E-state index contributed by atoms with van der Waals surface area (Å²) >= 11 is 0. The summed E-state index contributed by atoms with van der Waals surface area (Å²) in [6.45, 7) is 2.27. The quantitative estimate of drug-likeness (QED) is 0.0386. The van der Waals surface area contributed by atoms with Crippen molar-refractivity contribution in [2.75, 3.05) is 0 Å². The van der Waals surface area contributed by atoms with Crippen LogP contribution in [0.15, 0.2) is 12.2 Å². The van der Waals surface area contributed by atoms with E-state index in [9.17, 15) is 189 Å². The molecule has 0 bridgehead atoms. The molecule has 2 nitrogen and oxygen atoms in total. The van der Waals surface area contributed by atoms with Crippen LogP contribution in [0, 0.1) is 0 Å². The van der Waals surface area contributed by atoms with Crippen LogP contribution in [0.1, 0.15) is 122 Å². The predicted molar refractivity (Wildman–Crippen MR) is 207 cm³/mol. The molecule has 0 radical (unpaired) electrons. The number of unbranched alkanes of at least 4 members (excludes halogenated alkanes) is 15. The molecule has 0 atom stereocenters. The second kappa shape index (κ2) is 27.0. The molecular weight excluding hydrogens is 1330 g/mol. The second-order valence-electron chi connectivity index (χ2n) is 18.5. The number of aliphatic carboxylic acids is 1. The smallest absolute Gasteiger partial charge is 0.460 e. The van der Waals surface area contributed by atoms with Gasteiger partial charge in [-0.3, -0.25) is 4.79 Å². The fraction of sp³-hybridized carbons (Fsp3) is 0.929. The van der Waals surface area contributed by atoms with Crippen LogP contribution in [-0.2, 0) is 4.79 Å². The zero-order valence-electron chi connectivity index (χ0n) is 42.1. The van der Waals surface area contributed by atoms with Crippen molar-refractivity contribution in [2.45, 2.75) is 241 Å². The maximum Gasteiger partial charge on any atom is 0.460 e. The SMILES string of the molecule is CCCCCCCCC=CCCCCCCCCCCCC(=O)O.FC(F)(F)C(F)(F)C(F)(F)C(F)(F)C(F)(F)C(F)(F)C(F)(F)C(F)(F)C(F)(F)C(F)(F)C(F)(F)C(F)(F)C(F)(F)C(F)(F)C(F)(F)C(F)(F)C(F)(F)C(F)(F)C(F)(F)C(F)(F)F. The van der Waals surface area contributed by atoms with Gasteiger partial charge >= 0.3 is 125 Å². The molecule has 0 heterocycles. The fourth-order valence-electron chi connectivity index (χ4n) is 6.56. The lowest BCUT2D eigenvalue weighted by molar-refractivity contribution is -0.496. The molecule has 0 saturated heterocycles. The highest BCUT2D eigenvalue weighted by Gasteiger charge is 3.03. The molecule has 0 aliphatic rings. The molecule has 0 fully saturated rings. The van der Waals surface area contributed by atoms with Gasteiger partial charge in [0.05, 0.1) is 0 Å². The number of hydrogen-bond acceptors (Lipinski definition) is 1. The average Bonchev–Trinajstić information content (AvgIpc) is 0.854. The van der Waals surface area contributed by atoms with Crippen LogP contribution in [0.3, 0.4) is 0 Å². The maximum absolute atomic E-state index is 13.9. The van der Waals surface area contributed by atoms with Gasteiger partial charge in [0.15, 0.2) is 0 Å². The number of alkyl halides is 42. The fourth-order valence-corrected chi connectivity index (χ4v) is 6.56. The third-order valence-electron chi connectivity index (χ3n) is 12.1. The van der Waals surface area contributed by atoms with Gasteiger partial charge in [-0.25, -0.2) is 0 Å². The van der Waals surface area contributed by atoms with E-state index in [4.69, 9.17) is 5.11 Å². The van der Waals surface area contributed by atoms with E-state index >= 15 is 0 Å². The first-order valence-electron chi connectivity index (χ1n) is 23.3. The molecule has 0 aromatic heterocycles. The van der Waals surface area contributed by atoms with Crippen LogP contribution >= 0.6 is 0 Å². The third-order valence-corrected chi connectivity index (χ3v) is 12.1. The number of carboxylic acid groups (broad SMARTS) is 1. The number of halogens is 42. The Labute approximate surface area is 454 Å². The van der Waals surface area contributed by atoms with Crippen molar-refractivity contribution >= 4 is 5.97 Å². The highest BCUT2D eigenvalue weighted by Crippen LogP contribution is 2.71. The van der Waals surface area contributed by atoms with E-state index in [2.05, 4.69) is 19.1 Å². The summed E-state index contributed by atoms with van der Waals surface area (Å²) in [5.41, 5.74) is 0. The second-order valence-corrected chi connectivity index (χ2v) is 18.5. The monoisotopic (exact) mass is 1380 g/mol. The van der Waals surface area contributed by atoms with Gasteiger partial charge in [0.2, 0.25) is 0 Å². The molecule has 0 amide bonds. The molecule has 0 rings (SSSR count). The Bertz CT molecular complexity index is 2030. The molecule has 0 aromatic rings. The van der Waals surface area contributed by atoms with Gasteiger partial charge in [0.1, 0.15) is 0 Å². The first kappa shape index (κ1) is 84.3. The Morgan fingerprint density at radius 3 is 0.523 bits per heavy atom. The van der Waals surface area contributed by atoms with Gasteiger partial charge < -0.3 is 5.11 Å². The molecule has 0 aromatic carbocycles. The van der Waals surface area contributed by atoms with E-state index in [0.29, 0.717) is 6.42 Å². The normalized spacial score (nSPS) is 15.8.